The molecule has 3 heterocycles. The van der Waals surface area contributed by atoms with Crippen LogP contribution < -0.4 is 9.80 Å². The molecule has 0 aromatic carbocycles. The Kier molecular flexibility index (Phi) is 7.38. The molecule has 0 saturated carbocycles. The van der Waals surface area contributed by atoms with Gasteiger partial charge in [-0.15, -0.1) is 0 Å². The van der Waals surface area contributed by atoms with E-state index in [0.717, 1.165) is 43.6 Å². The third kappa shape index (κ3) is 5.40. The van der Waals surface area contributed by atoms with Gasteiger partial charge in [-0.2, -0.15) is 0 Å². The predicted octanol–water partition coefficient (Wildman–Crippen LogP) is 3.40. The van der Waals surface area contributed by atoms with E-state index in [4.69, 9.17) is 9.97 Å². The summed E-state index contributed by atoms with van der Waals surface area (Å²) in [7, 11) is 4.52. The van der Waals surface area contributed by atoms with Crippen LogP contribution in [0.5, 0.6) is 0 Å². The molecule has 0 bridgehead atoms. The zero-order chi connectivity index (χ0) is 21.1. The molecule has 0 unspecified atom stereocenters. The minimum Gasteiger partial charge on any atom is -0.356 e. The zero-order valence-electron chi connectivity index (χ0n) is 19.7. The smallest absolute Gasteiger partial charge is 0.134 e. The van der Waals surface area contributed by atoms with Gasteiger partial charge in [0.05, 0.1) is 0 Å². The van der Waals surface area contributed by atoms with Crippen LogP contribution in [-0.2, 0) is 0 Å². The van der Waals surface area contributed by atoms with E-state index in [1.54, 1.807) is 0 Å². The molecule has 164 valence electrons. The number of anilines is 2. The molecule has 1 aromatic heterocycles. The Bertz CT molecular complexity index is 593. The highest BCUT2D eigenvalue weighted by Crippen LogP contribution is 2.27. The first-order valence-electron chi connectivity index (χ1n) is 11.6. The van der Waals surface area contributed by atoms with Gasteiger partial charge in [0.2, 0.25) is 0 Å². The average Bonchev–Trinajstić information content (AvgIpc) is 2.72. The van der Waals surface area contributed by atoms with Crippen molar-refractivity contribution in [2.24, 2.45) is 0 Å². The fourth-order valence-corrected chi connectivity index (χ4v) is 4.71. The normalized spacial score (nSPS) is 20.0. The van der Waals surface area contributed by atoms with E-state index in [9.17, 15) is 0 Å². The Morgan fingerprint density at radius 3 is 1.41 bits per heavy atom. The molecule has 2 saturated heterocycles. The molecule has 0 N–H and O–H groups in total. The lowest BCUT2D eigenvalue weighted by Gasteiger charge is -2.40. The van der Waals surface area contributed by atoms with Crippen molar-refractivity contribution in [3.05, 3.63) is 11.9 Å². The highest BCUT2D eigenvalue weighted by molar-refractivity contribution is 5.51. The van der Waals surface area contributed by atoms with Crippen LogP contribution >= 0.6 is 0 Å². The average molecular weight is 403 g/mol. The lowest BCUT2D eigenvalue weighted by Crippen LogP contribution is -2.46. The van der Waals surface area contributed by atoms with Crippen LogP contribution in [0.2, 0.25) is 0 Å². The van der Waals surface area contributed by atoms with Crippen molar-refractivity contribution in [1.29, 1.82) is 0 Å². The van der Waals surface area contributed by atoms with Crippen molar-refractivity contribution in [2.45, 2.75) is 84.5 Å². The van der Waals surface area contributed by atoms with Gasteiger partial charge in [0.1, 0.15) is 17.5 Å². The molecule has 6 nitrogen and oxygen atoms in total. The predicted molar refractivity (Wildman–Crippen MR) is 123 cm³/mol. The summed E-state index contributed by atoms with van der Waals surface area (Å²) in [5, 5.41) is 0. The van der Waals surface area contributed by atoms with Gasteiger partial charge >= 0.3 is 0 Å². The summed E-state index contributed by atoms with van der Waals surface area (Å²) < 4.78 is 0. The molecule has 0 aliphatic carbocycles. The van der Waals surface area contributed by atoms with Gasteiger partial charge in [-0.1, -0.05) is 0 Å². The number of aromatic nitrogens is 2. The molecular formula is C23H42N6. The van der Waals surface area contributed by atoms with Gasteiger partial charge in [0, 0.05) is 56.4 Å². The summed E-state index contributed by atoms with van der Waals surface area (Å²) in [4.78, 5) is 19.5. The molecule has 3 rings (SSSR count). The molecular weight excluding hydrogens is 360 g/mol. The maximum absolute atomic E-state index is 4.79. The van der Waals surface area contributed by atoms with Crippen molar-refractivity contribution in [2.75, 3.05) is 50.1 Å². The number of hydrogen-bond donors (Lipinski definition) is 0. The Morgan fingerprint density at radius 1 is 0.759 bits per heavy atom. The highest BCUT2D eigenvalue weighted by atomic mass is 15.3. The molecule has 0 amide bonds. The van der Waals surface area contributed by atoms with Gasteiger partial charge in [-0.25, -0.2) is 9.97 Å². The third-order valence-electron chi connectivity index (χ3n) is 7.17. The van der Waals surface area contributed by atoms with Crippen molar-refractivity contribution in [1.82, 2.24) is 19.8 Å². The number of piperidine rings is 2. The summed E-state index contributed by atoms with van der Waals surface area (Å²) in [5.74, 6) is 3.11. The van der Waals surface area contributed by atoms with Crippen molar-refractivity contribution < 1.29 is 0 Å². The van der Waals surface area contributed by atoms with E-state index in [2.05, 4.69) is 67.5 Å². The zero-order valence-corrected chi connectivity index (χ0v) is 19.7. The lowest BCUT2D eigenvalue weighted by molar-refractivity contribution is 0.168. The van der Waals surface area contributed by atoms with Gasteiger partial charge in [0.25, 0.3) is 0 Å². The van der Waals surface area contributed by atoms with E-state index < -0.39 is 0 Å². The molecule has 2 fully saturated rings. The fourth-order valence-electron chi connectivity index (χ4n) is 4.71. The topological polar surface area (TPSA) is 38.7 Å². The summed E-state index contributed by atoms with van der Waals surface area (Å²) in [6, 6.07) is 4.82. The number of rotatable bonds is 6. The summed E-state index contributed by atoms with van der Waals surface area (Å²) >= 11 is 0. The minimum absolute atomic E-state index is 0.608. The van der Waals surface area contributed by atoms with Crippen LogP contribution in [-0.4, -0.2) is 84.2 Å². The molecule has 0 atom stereocenters. The van der Waals surface area contributed by atoms with Gasteiger partial charge in [-0.3, -0.25) is 0 Å². The Hall–Kier alpha value is -1.40. The highest BCUT2D eigenvalue weighted by Gasteiger charge is 2.27. The molecule has 0 radical (unpaired) electrons. The standard InChI is InChI=1S/C23H42N6/c1-17(2)26(6)20-8-12-28(13-9-20)22-16-23(25-19(5)24-22)29-14-10-21(11-15-29)27(7)18(3)4/h16-18,20-21H,8-15H2,1-7H3. The maximum Gasteiger partial charge on any atom is 0.134 e. The molecule has 1 aromatic rings. The van der Waals surface area contributed by atoms with Crippen LogP contribution in [0.4, 0.5) is 11.6 Å². The van der Waals surface area contributed by atoms with Gasteiger partial charge in [-0.05, 0) is 74.4 Å². The maximum atomic E-state index is 4.79. The Labute approximate surface area is 178 Å². The quantitative estimate of drug-likeness (QED) is 0.726. The first kappa shape index (κ1) is 22.3. The molecule has 29 heavy (non-hydrogen) atoms. The van der Waals surface area contributed by atoms with Crippen LogP contribution in [0, 0.1) is 6.92 Å². The second-order valence-corrected chi connectivity index (χ2v) is 9.59. The Morgan fingerprint density at radius 2 is 1.10 bits per heavy atom. The third-order valence-corrected chi connectivity index (χ3v) is 7.17. The van der Waals surface area contributed by atoms with E-state index in [1.807, 2.05) is 6.92 Å². The van der Waals surface area contributed by atoms with E-state index >= 15 is 0 Å². The minimum atomic E-state index is 0.608. The monoisotopic (exact) mass is 402 g/mol. The van der Waals surface area contributed by atoms with Crippen LogP contribution in [0.25, 0.3) is 0 Å². The summed E-state index contributed by atoms with van der Waals surface area (Å²) in [5.41, 5.74) is 0. The van der Waals surface area contributed by atoms with Crippen molar-refractivity contribution in [3.63, 3.8) is 0 Å². The van der Waals surface area contributed by atoms with E-state index in [-0.39, 0.29) is 0 Å². The summed E-state index contributed by atoms with van der Waals surface area (Å²) in [6.07, 6.45) is 4.83. The SMILES string of the molecule is Cc1nc(N2CCC(N(C)C(C)C)CC2)cc(N2CCC(N(C)C(C)C)CC2)n1. The van der Waals surface area contributed by atoms with E-state index in [1.165, 1.54) is 25.7 Å². The first-order chi connectivity index (χ1) is 13.8. The second-order valence-electron chi connectivity index (χ2n) is 9.59. The first-order valence-corrected chi connectivity index (χ1v) is 11.6. The molecule has 2 aliphatic rings. The number of nitrogens with zero attached hydrogens (tertiary/aromatic N) is 6. The molecule has 0 spiro atoms. The largest absolute Gasteiger partial charge is 0.356 e. The number of aryl methyl sites for hydroxylation is 1. The molecule has 6 heteroatoms. The molecule has 2 aliphatic heterocycles. The summed E-state index contributed by atoms with van der Waals surface area (Å²) in [6.45, 7) is 15.5. The Balaban J connectivity index is 1.63. The van der Waals surface area contributed by atoms with Crippen LogP contribution in [0.15, 0.2) is 6.07 Å². The number of hydrogen-bond acceptors (Lipinski definition) is 6. The van der Waals surface area contributed by atoms with Crippen molar-refractivity contribution in [3.8, 4) is 0 Å². The van der Waals surface area contributed by atoms with Crippen molar-refractivity contribution >= 4 is 11.6 Å². The van der Waals surface area contributed by atoms with Crippen LogP contribution in [0.3, 0.4) is 0 Å². The van der Waals surface area contributed by atoms with Gasteiger partial charge in [0.15, 0.2) is 0 Å². The fraction of sp³-hybridized carbons (Fsp3) is 0.826. The van der Waals surface area contributed by atoms with Crippen LogP contribution in [0.1, 0.15) is 59.2 Å². The lowest BCUT2D eigenvalue weighted by atomic mass is 10.0. The van der Waals surface area contributed by atoms with E-state index in [0.29, 0.717) is 24.2 Å². The second kappa shape index (κ2) is 9.61. The van der Waals surface area contributed by atoms with Gasteiger partial charge < -0.3 is 19.6 Å².